The summed E-state index contributed by atoms with van der Waals surface area (Å²) in [7, 11) is 0. The van der Waals surface area contributed by atoms with Gasteiger partial charge in [-0.25, -0.2) is 5.43 Å². The van der Waals surface area contributed by atoms with Crippen molar-refractivity contribution in [1.29, 1.82) is 0 Å². The zero-order valence-corrected chi connectivity index (χ0v) is 17.5. The standard InChI is InChI=1S/C24H22ClN3O3/c25-21-8-4-3-7-19(21)24(31)28-13-11-17(12-14-28)23(30)27-26-15-20-18-6-2-1-5-16(18)9-10-22(20)29/h1-10,15,17,29H,11-14H2,(H,27,30)/b26-15-. The second-order valence-corrected chi connectivity index (χ2v) is 7.91. The van der Waals surface area contributed by atoms with Gasteiger partial charge in [0.15, 0.2) is 0 Å². The summed E-state index contributed by atoms with van der Waals surface area (Å²) in [6, 6.07) is 18.1. The van der Waals surface area contributed by atoms with E-state index in [9.17, 15) is 14.7 Å². The minimum Gasteiger partial charge on any atom is -0.507 e. The number of aromatic hydroxyl groups is 1. The fourth-order valence-corrected chi connectivity index (χ4v) is 4.04. The molecule has 1 saturated heterocycles. The Morgan fingerprint density at radius 2 is 1.74 bits per heavy atom. The summed E-state index contributed by atoms with van der Waals surface area (Å²) in [5.74, 6) is -0.439. The molecule has 7 heteroatoms. The van der Waals surface area contributed by atoms with Crippen molar-refractivity contribution in [3.63, 3.8) is 0 Å². The largest absolute Gasteiger partial charge is 0.507 e. The topological polar surface area (TPSA) is 82.0 Å². The second kappa shape index (κ2) is 9.18. The first-order valence-corrected chi connectivity index (χ1v) is 10.5. The highest BCUT2D eigenvalue weighted by Crippen LogP contribution is 2.26. The van der Waals surface area contributed by atoms with Gasteiger partial charge < -0.3 is 10.0 Å². The molecule has 0 unspecified atom stereocenters. The average molecular weight is 436 g/mol. The van der Waals surface area contributed by atoms with E-state index in [1.54, 1.807) is 35.2 Å². The smallest absolute Gasteiger partial charge is 0.255 e. The third kappa shape index (κ3) is 4.54. The average Bonchev–Trinajstić information content (AvgIpc) is 2.80. The van der Waals surface area contributed by atoms with Crippen LogP contribution in [0.2, 0.25) is 5.02 Å². The van der Waals surface area contributed by atoms with Crippen molar-refractivity contribution >= 4 is 40.4 Å². The van der Waals surface area contributed by atoms with Crippen molar-refractivity contribution in [1.82, 2.24) is 10.3 Å². The number of likely N-dealkylation sites (tertiary alicyclic amines) is 1. The van der Waals surface area contributed by atoms with Crippen LogP contribution in [-0.2, 0) is 4.79 Å². The van der Waals surface area contributed by atoms with Gasteiger partial charge >= 0.3 is 0 Å². The minimum absolute atomic E-state index is 0.100. The number of fused-ring (bicyclic) bond motifs is 1. The normalized spacial score (nSPS) is 14.8. The Morgan fingerprint density at radius 3 is 2.52 bits per heavy atom. The molecule has 0 saturated carbocycles. The summed E-state index contributed by atoms with van der Waals surface area (Å²) >= 11 is 6.13. The second-order valence-electron chi connectivity index (χ2n) is 7.50. The third-order valence-electron chi connectivity index (χ3n) is 5.57. The zero-order valence-electron chi connectivity index (χ0n) is 16.8. The molecule has 0 atom stereocenters. The quantitative estimate of drug-likeness (QED) is 0.476. The fraction of sp³-hybridized carbons (Fsp3) is 0.208. The molecule has 2 amide bonds. The Labute approximate surface area is 185 Å². The Bertz CT molecular complexity index is 1150. The first-order chi connectivity index (χ1) is 15.0. The van der Waals surface area contributed by atoms with Crippen LogP contribution in [0.5, 0.6) is 5.75 Å². The highest BCUT2D eigenvalue weighted by Gasteiger charge is 2.28. The maximum atomic E-state index is 12.7. The molecule has 1 aliphatic heterocycles. The van der Waals surface area contributed by atoms with E-state index in [-0.39, 0.29) is 23.5 Å². The highest BCUT2D eigenvalue weighted by molar-refractivity contribution is 6.33. The van der Waals surface area contributed by atoms with E-state index in [0.29, 0.717) is 42.1 Å². The summed E-state index contributed by atoms with van der Waals surface area (Å²) in [5, 5.41) is 16.5. The van der Waals surface area contributed by atoms with Gasteiger partial charge in [-0.05, 0) is 41.8 Å². The van der Waals surface area contributed by atoms with Crippen molar-refractivity contribution in [3.8, 4) is 5.75 Å². The summed E-state index contributed by atoms with van der Waals surface area (Å²) in [6.45, 7) is 0.964. The number of hydrogen-bond donors (Lipinski definition) is 2. The van der Waals surface area contributed by atoms with Crippen molar-refractivity contribution in [2.24, 2.45) is 11.0 Å². The molecule has 0 bridgehead atoms. The van der Waals surface area contributed by atoms with Gasteiger partial charge in [0, 0.05) is 24.6 Å². The van der Waals surface area contributed by atoms with Gasteiger partial charge in [0.1, 0.15) is 5.75 Å². The maximum absolute atomic E-state index is 12.7. The molecule has 6 nitrogen and oxygen atoms in total. The molecule has 3 aromatic rings. The number of nitrogens with one attached hydrogen (secondary N) is 1. The Morgan fingerprint density at radius 1 is 1.03 bits per heavy atom. The lowest BCUT2D eigenvalue weighted by Crippen LogP contribution is -2.42. The number of piperidine rings is 1. The van der Waals surface area contributed by atoms with Gasteiger partial charge in [0.05, 0.1) is 16.8 Å². The lowest BCUT2D eigenvalue weighted by atomic mass is 9.95. The van der Waals surface area contributed by atoms with E-state index in [4.69, 9.17) is 11.6 Å². The van der Waals surface area contributed by atoms with E-state index in [1.165, 1.54) is 6.21 Å². The first kappa shape index (κ1) is 20.9. The Hall–Kier alpha value is -3.38. The Kier molecular flexibility index (Phi) is 6.18. The van der Waals surface area contributed by atoms with Crippen molar-refractivity contribution < 1.29 is 14.7 Å². The molecule has 31 heavy (non-hydrogen) atoms. The van der Waals surface area contributed by atoms with Gasteiger partial charge in [-0.2, -0.15) is 5.10 Å². The number of carbonyl (C=O) groups excluding carboxylic acids is 2. The van der Waals surface area contributed by atoms with Crippen LogP contribution in [0, 0.1) is 5.92 Å². The van der Waals surface area contributed by atoms with Crippen LogP contribution in [0.25, 0.3) is 10.8 Å². The molecule has 0 radical (unpaired) electrons. The van der Waals surface area contributed by atoms with Crippen LogP contribution in [0.4, 0.5) is 0 Å². The number of hydrogen-bond acceptors (Lipinski definition) is 4. The zero-order chi connectivity index (χ0) is 21.8. The summed E-state index contributed by atoms with van der Waals surface area (Å²) in [4.78, 5) is 26.9. The van der Waals surface area contributed by atoms with Crippen LogP contribution in [0.3, 0.4) is 0 Å². The van der Waals surface area contributed by atoms with E-state index < -0.39 is 0 Å². The van der Waals surface area contributed by atoms with Gasteiger partial charge in [-0.1, -0.05) is 54.1 Å². The van der Waals surface area contributed by atoms with E-state index in [2.05, 4.69) is 10.5 Å². The molecular formula is C24H22ClN3O3. The van der Waals surface area contributed by atoms with Gasteiger partial charge in [-0.15, -0.1) is 0 Å². The van der Waals surface area contributed by atoms with Gasteiger partial charge in [-0.3, -0.25) is 9.59 Å². The Balaban J connectivity index is 1.35. The first-order valence-electron chi connectivity index (χ1n) is 10.1. The molecule has 0 aromatic heterocycles. The summed E-state index contributed by atoms with van der Waals surface area (Å²) < 4.78 is 0. The molecule has 0 spiro atoms. The lowest BCUT2D eigenvalue weighted by Gasteiger charge is -2.31. The molecule has 0 aliphatic carbocycles. The third-order valence-corrected chi connectivity index (χ3v) is 5.90. The molecule has 1 fully saturated rings. The van der Waals surface area contributed by atoms with Crippen LogP contribution in [-0.4, -0.2) is 41.1 Å². The molecule has 2 N–H and O–H groups in total. The SMILES string of the molecule is O=C(N/N=C\c1c(O)ccc2ccccc12)C1CCN(C(=O)c2ccccc2Cl)CC1. The fourth-order valence-electron chi connectivity index (χ4n) is 3.82. The van der Waals surface area contributed by atoms with Crippen LogP contribution < -0.4 is 5.43 Å². The van der Waals surface area contributed by atoms with E-state index in [0.717, 1.165) is 10.8 Å². The molecule has 1 heterocycles. The number of rotatable bonds is 4. The molecule has 1 aliphatic rings. The molecule has 3 aromatic carbocycles. The predicted molar refractivity (Wildman–Crippen MR) is 121 cm³/mol. The number of phenolic OH excluding ortho intramolecular Hbond substituents is 1. The van der Waals surface area contributed by atoms with E-state index >= 15 is 0 Å². The predicted octanol–water partition coefficient (Wildman–Crippen LogP) is 4.20. The van der Waals surface area contributed by atoms with Gasteiger partial charge in [0.2, 0.25) is 5.91 Å². The summed E-state index contributed by atoms with van der Waals surface area (Å²) in [5.41, 5.74) is 3.61. The van der Waals surface area contributed by atoms with Crippen molar-refractivity contribution in [3.05, 3.63) is 76.8 Å². The lowest BCUT2D eigenvalue weighted by molar-refractivity contribution is -0.126. The molecular weight excluding hydrogens is 414 g/mol. The maximum Gasteiger partial charge on any atom is 0.255 e. The minimum atomic E-state index is -0.228. The number of carbonyl (C=O) groups is 2. The number of amides is 2. The van der Waals surface area contributed by atoms with E-state index in [1.807, 2.05) is 30.3 Å². The molecule has 4 rings (SSSR count). The van der Waals surface area contributed by atoms with Gasteiger partial charge in [0.25, 0.3) is 5.91 Å². The van der Waals surface area contributed by atoms with Crippen molar-refractivity contribution in [2.45, 2.75) is 12.8 Å². The van der Waals surface area contributed by atoms with Crippen LogP contribution in [0.15, 0.2) is 65.8 Å². The van der Waals surface area contributed by atoms with Crippen LogP contribution in [0.1, 0.15) is 28.8 Å². The highest BCUT2D eigenvalue weighted by atomic mass is 35.5. The number of benzene rings is 3. The number of nitrogens with zero attached hydrogens (tertiary/aromatic N) is 2. The summed E-state index contributed by atoms with van der Waals surface area (Å²) in [6.07, 6.45) is 2.57. The monoisotopic (exact) mass is 435 g/mol. The number of hydrazone groups is 1. The van der Waals surface area contributed by atoms with Crippen LogP contribution >= 0.6 is 11.6 Å². The number of halogens is 1. The molecule has 158 valence electrons. The van der Waals surface area contributed by atoms with Crippen molar-refractivity contribution in [2.75, 3.05) is 13.1 Å². The number of phenols is 1.